The molecule has 160 valence electrons. The highest BCUT2D eigenvalue weighted by atomic mass is 35.5. The number of ether oxygens (including phenoxy) is 1. The van der Waals surface area contributed by atoms with Crippen LogP contribution in [-0.4, -0.2) is 51.1 Å². The van der Waals surface area contributed by atoms with E-state index in [1.54, 1.807) is 31.4 Å². The van der Waals surface area contributed by atoms with Crippen molar-refractivity contribution in [1.82, 2.24) is 4.90 Å². The quantitative estimate of drug-likeness (QED) is 0.653. The van der Waals surface area contributed by atoms with Crippen LogP contribution < -0.4 is 10.2 Å². The molecule has 3 rings (SSSR count). The number of anilines is 2. The summed E-state index contributed by atoms with van der Waals surface area (Å²) in [7, 11) is 5.56. The number of nitrogens with zero attached hydrogens (tertiary/aromatic N) is 2. The zero-order valence-corrected chi connectivity index (χ0v) is 18.4. The van der Waals surface area contributed by atoms with E-state index in [4.69, 9.17) is 16.3 Å². The summed E-state index contributed by atoms with van der Waals surface area (Å²) in [6, 6.07) is 12.7. The third-order valence-corrected chi connectivity index (χ3v) is 5.43. The number of rotatable bonds is 9. The van der Waals surface area contributed by atoms with Crippen LogP contribution in [0, 0.1) is 5.92 Å². The molecule has 0 atom stereocenters. The lowest BCUT2D eigenvalue weighted by molar-refractivity contribution is -0.133. The van der Waals surface area contributed by atoms with E-state index in [1.807, 2.05) is 42.1 Å². The van der Waals surface area contributed by atoms with Crippen LogP contribution in [-0.2, 0) is 16.1 Å². The second-order valence-corrected chi connectivity index (χ2v) is 8.11. The maximum atomic E-state index is 12.8. The lowest BCUT2D eigenvalue weighted by atomic mass is 10.1. The zero-order valence-electron chi connectivity index (χ0n) is 17.7. The Kier molecular flexibility index (Phi) is 7.34. The molecule has 0 bridgehead atoms. The smallest absolute Gasteiger partial charge is 0.257 e. The highest BCUT2D eigenvalue weighted by Gasteiger charge is 2.33. The Labute approximate surface area is 182 Å². The van der Waals surface area contributed by atoms with Gasteiger partial charge in [-0.3, -0.25) is 9.59 Å². The van der Waals surface area contributed by atoms with Gasteiger partial charge in [0.25, 0.3) is 5.91 Å². The number of methoxy groups -OCH3 is 1. The van der Waals surface area contributed by atoms with Crippen molar-refractivity contribution in [3.05, 3.63) is 58.6 Å². The van der Waals surface area contributed by atoms with E-state index in [-0.39, 0.29) is 17.7 Å². The van der Waals surface area contributed by atoms with E-state index in [1.165, 1.54) is 0 Å². The molecule has 2 aromatic carbocycles. The summed E-state index contributed by atoms with van der Waals surface area (Å²) < 4.78 is 5.20. The monoisotopic (exact) mass is 429 g/mol. The van der Waals surface area contributed by atoms with E-state index >= 15 is 0 Å². The van der Waals surface area contributed by atoms with Gasteiger partial charge in [-0.1, -0.05) is 23.7 Å². The Morgan fingerprint density at radius 2 is 1.90 bits per heavy atom. The number of amides is 2. The lowest BCUT2D eigenvalue weighted by Gasteiger charge is -2.26. The SMILES string of the molecule is COCCN(Cc1cc(NC(=O)c2ccccc2Cl)ccc1N(C)C)C(=O)C1CC1. The number of hydrogen-bond donors (Lipinski definition) is 1. The zero-order chi connectivity index (χ0) is 21.7. The summed E-state index contributed by atoms with van der Waals surface area (Å²) in [4.78, 5) is 29.3. The van der Waals surface area contributed by atoms with Gasteiger partial charge in [0.15, 0.2) is 0 Å². The Morgan fingerprint density at radius 1 is 1.17 bits per heavy atom. The summed E-state index contributed by atoms with van der Waals surface area (Å²) in [5, 5.41) is 3.32. The molecule has 2 aromatic rings. The molecule has 30 heavy (non-hydrogen) atoms. The van der Waals surface area contributed by atoms with Crippen molar-refractivity contribution in [3.8, 4) is 0 Å². The molecule has 7 heteroatoms. The molecule has 1 N–H and O–H groups in total. The largest absolute Gasteiger partial charge is 0.383 e. The molecular formula is C23H28ClN3O3. The van der Waals surface area contributed by atoms with Crippen molar-refractivity contribution in [3.63, 3.8) is 0 Å². The van der Waals surface area contributed by atoms with Crippen molar-refractivity contribution in [1.29, 1.82) is 0 Å². The van der Waals surface area contributed by atoms with Gasteiger partial charge in [0.2, 0.25) is 5.91 Å². The first-order chi connectivity index (χ1) is 14.4. The molecule has 0 spiro atoms. The van der Waals surface area contributed by atoms with Crippen LogP contribution in [0.5, 0.6) is 0 Å². The number of halogens is 1. The first kappa shape index (κ1) is 22.1. The fourth-order valence-corrected chi connectivity index (χ4v) is 3.55. The fourth-order valence-electron chi connectivity index (χ4n) is 3.33. The van der Waals surface area contributed by atoms with Crippen LogP contribution in [0.2, 0.25) is 5.02 Å². The van der Waals surface area contributed by atoms with Crippen molar-refractivity contribution < 1.29 is 14.3 Å². The maximum absolute atomic E-state index is 12.8. The molecule has 0 radical (unpaired) electrons. The summed E-state index contributed by atoms with van der Waals surface area (Å²) in [5.41, 5.74) is 3.04. The van der Waals surface area contributed by atoms with Gasteiger partial charge in [0.05, 0.1) is 17.2 Å². The van der Waals surface area contributed by atoms with Crippen LogP contribution in [0.1, 0.15) is 28.8 Å². The predicted molar refractivity (Wildman–Crippen MR) is 120 cm³/mol. The maximum Gasteiger partial charge on any atom is 0.257 e. The number of benzene rings is 2. The van der Waals surface area contributed by atoms with Gasteiger partial charge >= 0.3 is 0 Å². The number of carbonyl (C=O) groups excluding carboxylic acids is 2. The predicted octanol–water partition coefficient (Wildman–Crippen LogP) is 4.04. The second kappa shape index (κ2) is 9.96. The van der Waals surface area contributed by atoms with Crippen molar-refractivity contribution >= 4 is 34.8 Å². The average Bonchev–Trinajstić information content (AvgIpc) is 3.56. The first-order valence-electron chi connectivity index (χ1n) is 10.0. The topological polar surface area (TPSA) is 61.9 Å². The van der Waals surface area contributed by atoms with Crippen LogP contribution in [0.25, 0.3) is 0 Å². The number of nitrogens with one attached hydrogen (secondary N) is 1. The molecule has 0 aliphatic heterocycles. The normalized spacial score (nSPS) is 13.1. The molecule has 2 amide bonds. The van der Waals surface area contributed by atoms with Gasteiger partial charge in [-0.25, -0.2) is 0 Å². The minimum Gasteiger partial charge on any atom is -0.383 e. The minimum absolute atomic E-state index is 0.132. The third kappa shape index (κ3) is 5.52. The molecule has 0 saturated heterocycles. The fraction of sp³-hybridized carbons (Fsp3) is 0.391. The Morgan fingerprint density at radius 3 is 2.53 bits per heavy atom. The van der Waals surface area contributed by atoms with Crippen LogP contribution >= 0.6 is 11.6 Å². The second-order valence-electron chi connectivity index (χ2n) is 7.70. The van der Waals surface area contributed by atoms with Crippen molar-refractivity contribution in [2.45, 2.75) is 19.4 Å². The van der Waals surface area contributed by atoms with E-state index in [9.17, 15) is 9.59 Å². The van der Waals surface area contributed by atoms with Crippen LogP contribution in [0.3, 0.4) is 0 Å². The molecule has 6 nitrogen and oxygen atoms in total. The van der Waals surface area contributed by atoms with Crippen LogP contribution in [0.15, 0.2) is 42.5 Å². The van der Waals surface area contributed by atoms with Gasteiger partial charge in [0, 0.05) is 51.6 Å². The minimum atomic E-state index is -0.269. The molecule has 0 unspecified atom stereocenters. The van der Waals surface area contributed by atoms with E-state index in [2.05, 4.69) is 5.32 Å². The van der Waals surface area contributed by atoms with Crippen LogP contribution in [0.4, 0.5) is 11.4 Å². The Hall–Kier alpha value is -2.57. The third-order valence-electron chi connectivity index (χ3n) is 5.10. The number of carbonyl (C=O) groups is 2. The molecule has 0 aromatic heterocycles. The summed E-state index contributed by atoms with van der Waals surface area (Å²) in [6.45, 7) is 1.48. The Balaban J connectivity index is 1.83. The lowest BCUT2D eigenvalue weighted by Crippen LogP contribution is -2.35. The van der Waals surface area contributed by atoms with Gasteiger partial charge in [-0.05, 0) is 48.7 Å². The first-order valence-corrected chi connectivity index (χ1v) is 10.4. The van der Waals surface area contributed by atoms with E-state index in [0.717, 1.165) is 24.1 Å². The molecule has 1 aliphatic carbocycles. The number of hydrogen-bond acceptors (Lipinski definition) is 4. The molecule has 1 saturated carbocycles. The summed E-state index contributed by atoms with van der Waals surface area (Å²) >= 11 is 6.15. The molecule has 1 fully saturated rings. The molecular weight excluding hydrogens is 402 g/mol. The molecule has 1 aliphatic rings. The van der Waals surface area contributed by atoms with Crippen molar-refractivity contribution in [2.75, 3.05) is 44.6 Å². The van der Waals surface area contributed by atoms with Gasteiger partial charge < -0.3 is 19.9 Å². The summed E-state index contributed by atoms with van der Waals surface area (Å²) in [6.07, 6.45) is 1.91. The van der Waals surface area contributed by atoms with Gasteiger partial charge in [0.1, 0.15) is 0 Å². The average molecular weight is 430 g/mol. The highest BCUT2D eigenvalue weighted by molar-refractivity contribution is 6.34. The van der Waals surface area contributed by atoms with Gasteiger partial charge in [-0.15, -0.1) is 0 Å². The van der Waals surface area contributed by atoms with E-state index < -0.39 is 0 Å². The van der Waals surface area contributed by atoms with Gasteiger partial charge in [-0.2, -0.15) is 0 Å². The highest BCUT2D eigenvalue weighted by Crippen LogP contribution is 2.32. The molecule has 0 heterocycles. The van der Waals surface area contributed by atoms with Crippen molar-refractivity contribution in [2.24, 2.45) is 5.92 Å². The standard InChI is InChI=1S/C23H28ClN3O3/c1-26(2)21-11-10-18(25-22(28)19-6-4-5-7-20(19)24)14-17(21)15-27(12-13-30-3)23(29)16-8-9-16/h4-7,10-11,14,16H,8-9,12-13,15H2,1-3H3,(H,25,28). The van der Waals surface area contributed by atoms with E-state index in [0.29, 0.717) is 36.0 Å². The Bertz CT molecular complexity index is 912. The summed E-state index contributed by atoms with van der Waals surface area (Å²) in [5.74, 6) is 0.0319.